The molecule has 0 amide bonds. The summed E-state index contributed by atoms with van der Waals surface area (Å²) in [6.07, 6.45) is 4.83. The molecule has 0 spiro atoms. The third-order valence-corrected chi connectivity index (χ3v) is 3.41. The Hall–Kier alpha value is -1.81. The number of ether oxygens (including phenoxy) is 1. The van der Waals surface area contributed by atoms with E-state index >= 15 is 0 Å². The fraction of sp³-hybridized carbons (Fsp3) is 0.471. The molecular weight excluding hydrogens is 262 g/mol. The van der Waals surface area contributed by atoms with Crippen molar-refractivity contribution in [3.05, 3.63) is 48.3 Å². The van der Waals surface area contributed by atoms with E-state index in [-0.39, 0.29) is 0 Å². The summed E-state index contributed by atoms with van der Waals surface area (Å²) in [6.45, 7) is 8.11. The molecular formula is C17H25N3O. The van der Waals surface area contributed by atoms with E-state index in [2.05, 4.69) is 43.3 Å². The van der Waals surface area contributed by atoms with Crippen molar-refractivity contribution < 1.29 is 4.74 Å². The maximum absolute atomic E-state index is 5.61. The fourth-order valence-electron chi connectivity index (χ4n) is 2.34. The highest BCUT2D eigenvalue weighted by atomic mass is 16.5. The summed E-state index contributed by atoms with van der Waals surface area (Å²) < 4.78 is 7.56. The van der Waals surface area contributed by atoms with Gasteiger partial charge in [0.1, 0.15) is 5.75 Å². The predicted molar refractivity (Wildman–Crippen MR) is 85.5 cm³/mol. The first-order valence-corrected chi connectivity index (χ1v) is 7.65. The molecule has 2 atom stereocenters. The number of rotatable bonds is 8. The van der Waals surface area contributed by atoms with Crippen LogP contribution in [-0.4, -0.2) is 22.4 Å². The van der Waals surface area contributed by atoms with Crippen LogP contribution < -0.4 is 10.1 Å². The van der Waals surface area contributed by atoms with Crippen LogP contribution >= 0.6 is 0 Å². The van der Waals surface area contributed by atoms with Gasteiger partial charge in [0.25, 0.3) is 0 Å². The van der Waals surface area contributed by atoms with E-state index in [1.54, 1.807) is 0 Å². The molecule has 0 fully saturated rings. The van der Waals surface area contributed by atoms with E-state index in [0.717, 1.165) is 25.3 Å². The smallest absolute Gasteiger partial charge is 0.119 e. The molecule has 0 aliphatic carbocycles. The van der Waals surface area contributed by atoms with Crippen molar-refractivity contribution in [3.8, 4) is 5.75 Å². The van der Waals surface area contributed by atoms with Gasteiger partial charge in [-0.2, -0.15) is 5.10 Å². The molecule has 4 nitrogen and oxygen atoms in total. The summed E-state index contributed by atoms with van der Waals surface area (Å²) in [6, 6.07) is 11.0. The minimum absolute atomic E-state index is 0.302. The lowest BCUT2D eigenvalue weighted by atomic mass is 10.1. The highest BCUT2D eigenvalue weighted by Crippen LogP contribution is 2.18. The second-order valence-corrected chi connectivity index (χ2v) is 5.44. The standard InChI is InChI=1S/C17H25N3O/c1-4-12-21-17-8-6-16(7-9-17)15(3)19-14(2)13-20-11-5-10-18-20/h5-11,14-15,19H,4,12-13H2,1-3H3. The summed E-state index contributed by atoms with van der Waals surface area (Å²) in [5, 5.41) is 7.83. The molecule has 0 radical (unpaired) electrons. The summed E-state index contributed by atoms with van der Waals surface area (Å²) >= 11 is 0. The molecule has 1 heterocycles. The van der Waals surface area contributed by atoms with Crippen LogP contribution in [0.3, 0.4) is 0 Å². The van der Waals surface area contributed by atoms with Gasteiger partial charge in [-0.15, -0.1) is 0 Å². The molecule has 21 heavy (non-hydrogen) atoms. The largest absolute Gasteiger partial charge is 0.494 e. The Morgan fingerprint density at radius 1 is 1.24 bits per heavy atom. The topological polar surface area (TPSA) is 39.1 Å². The van der Waals surface area contributed by atoms with E-state index in [4.69, 9.17) is 4.74 Å². The van der Waals surface area contributed by atoms with Gasteiger partial charge in [-0.1, -0.05) is 19.1 Å². The first kappa shape index (κ1) is 15.6. The van der Waals surface area contributed by atoms with Crippen LogP contribution in [0.4, 0.5) is 0 Å². The van der Waals surface area contributed by atoms with Crippen LogP contribution in [0.1, 0.15) is 38.8 Å². The van der Waals surface area contributed by atoms with Crippen LogP contribution in [-0.2, 0) is 6.54 Å². The van der Waals surface area contributed by atoms with Crippen molar-refractivity contribution in [2.75, 3.05) is 6.61 Å². The number of aromatic nitrogens is 2. The van der Waals surface area contributed by atoms with Crippen LogP contribution in [0, 0.1) is 0 Å². The molecule has 0 saturated heterocycles. The summed E-state index contributed by atoms with van der Waals surface area (Å²) in [7, 11) is 0. The Morgan fingerprint density at radius 2 is 2.00 bits per heavy atom. The number of benzene rings is 1. The molecule has 1 aromatic carbocycles. The average Bonchev–Trinajstić information content (AvgIpc) is 2.98. The van der Waals surface area contributed by atoms with Gasteiger partial charge in [0.15, 0.2) is 0 Å². The second-order valence-electron chi connectivity index (χ2n) is 5.44. The molecule has 114 valence electrons. The molecule has 2 rings (SSSR count). The molecule has 0 saturated carbocycles. The Labute approximate surface area is 127 Å². The second kappa shape index (κ2) is 7.84. The Morgan fingerprint density at radius 3 is 2.62 bits per heavy atom. The lowest BCUT2D eigenvalue weighted by molar-refractivity contribution is 0.317. The van der Waals surface area contributed by atoms with Gasteiger partial charge in [-0.3, -0.25) is 4.68 Å². The zero-order chi connectivity index (χ0) is 15.1. The molecule has 2 unspecified atom stereocenters. The molecule has 1 N–H and O–H groups in total. The molecule has 0 aliphatic heterocycles. The van der Waals surface area contributed by atoms with Gasteiger partial charge in [0.05, 0.1) is 13.2 Å². The minimum Gasteiger partial charge on any atom is -0.494 e. The monoisotopic (exact) mass is 287 g/mol. The van der Waals surface area contributed by atoms with Crippen molar-refractivity contribution in [2.24, 2.45) is 0 Å². The first-order valence-electron chi connectivity index (χ1n) is 7.65. The van der Waals surface area contributed by atoms with Crippen LogP contribution in [0.25, 0.3) is 0 Å². The van der Waals surface area contributed by atoms with Crippen molar-refractivity contribution in [2.45, 2.75) is 45.8 Å². The molecule has 2 aromatic rings. The van der Waals surface area contributed by atoms with E-state index in [1.807, 2.05) is 35.3 Å². The molecule has 1 aromatic heterocycles. The maximum atomic E-state index is 5.61. The number of hydrogen-bond donors (Lipinski definition) is 1. The van der Waals surface area contributed by atoms with Gasteiger partial charge in [-0.25, -0.2) is 0 Å². The van der Waals surface area contributed by atoms with Crippen LogP contribution in [0.15, 0.2) is 42.7 Å². The van der Waals surface area contributed by atoms with Crippen LogP contribution in [0.5, 0.6) is 5.75 Å². The van der Waals surface area contributed by atoms with Crippen molar-refractivity contribution in [1.29, 1.82) is 0 Å². The fourth-order valence-corrected chi connectivity index (χ4v) is 2.34. The van der Waals surface area contributed by atoms with Gasteiger partial charge in [0.2, 0.25) is 0 Å². The summed E-state index contributed by atoms with van der Waals surface area (Å²) in [5.41, 5.74) is 1.27. The third kappa shape index (κ3) is 4.90. The van der Waals surface area contributed by atoms with Crippen molar-refractivity contribution in [1.82, 2.24) is 15.1 Å². The normalized spacial score (nSPS) is 13.9. The van der Waals surface area contributed by atoms with E-state index in [1.165, 1.54) is 5.56 Å². The zero-order valence-electron chi connectivity index (χ0n) is 13.1. The first-order chi connectivity index (χ1) is 10.2. The van der Waals surface area contributed by atoms with E-state index < -0.39 is 0 Å². The number of hydrogen-bond acceptors (Lipinski definition) is 3. The van der Waals surface area contributed by atoms with Gasteiger partial charge < -0.3 is 10.1 Å². The van der Waals surface area contributed by atoms with E-state index in [9.17, 15) is 0 Å². The Bertz CT molecular complexity index is 507. The van der Waals surface area contributed by atoms with E-state index in [0.29, 0.717) is 12.1 Å². The zero-order valence-corrected chi connectivity index (χ0v) is 13.1. The third-order valence-electron chi connectivity index (χ3n) is 3.41. The highest BCUT2D eigenvalue weighted by Gasteiger charge is 2.10. The molecule has 0 aliphatic rings. The maximum Gasteiger partial charge on any atom is 0.119 e. The van der Waals surface area contributed by atoms with Gasteiger partial charge in [0, 0.05) is 24.5 Å². The van der Waals surface area contributed by atoms with Crippen LogP contribution in [0.2, 0.25) is 0 Å². The highest BCUT2D eigenvalue weighted by molar-refractivity contribution is 5.29. The predicted octanol–water partition coefficient (Wildman–Crippen LogP) is 3.41. The van der Waals surface area contributed by atoms with Gasteiger partial charge >= 0.3 is 0 Å². The average molecular weight is 287 g/mol. The number of nitrogens with zero attached hydrogens (tertiary/aromatic N) is 2. The minimum atomic E-state index is 0.302. The number of nitrogens with one attached hydrogen (secondary N) is 1. The molecule has 0 bridgehead atoms. The quantitative estimate of drug-likeness (QED) is 0.808. The SMILES string of the molecule is CCCOc1ccc(C(C)NC(C)Cn2cccn2)cc1. The summed E-state index contributed by atoms with van der Waals surface area (Å²) in [4.78, 5) is 0. The Kier molecular flexibility index (Phi) is 5.81. The van der Waals surface area contributed by atoms with Gasteiger partial charge in [-0.05, 0) is 44.0 Å². The summed E-state index contributed by atoms with van der Waals surface area (Å²) in [5.74, 6) is 0.942. The Balaban J connectivity index is 1.85. The molecule has 4 heteroatoms. The van der Waals surface area contributed by atoms with Crippen molar-refractivity contribution in [3.63, 3.8) is 0 Å². The lowest BCUT2D eigenvalue weighted by Gasteiger charge is -2.20. The van der Waals surface area contributed by atoms with Crippen molar-refractivity contribution >= 4 is 0 Å². The lowest BCUT2D eigenvalue weighted by Crippen LogP contribution is -2.32.